The van der Waals surface area contributed by atoms with Crippen molar-refractivity contribution in [3.05, 3.63) is 42.0 Å². The lowest BCUT2D eigenvalue weighted by Crippen LogP contribution is -2.48. The van der Waals surface area contributed by atoms with E-state index in [9.17, 15) is 8.42 Å². The molecule has 2 aromatic rings. The lowest BCUT2D eigenvalue weighted by atomic mass is 10.1. The highest BCUT2D eigenvalue weighted by Crippen LogP contribution is 2.56. The molecule has 2 unspecified atom stereocenters. The fourth-order valence-corrected chi connectivity index (χ4v) is 8.39. The van der Waals surface area contributed by atoms with Gasteiger partial charge in [-0.3, -0.25) is 0 Å². The molecular formula is C22H27F2N5O2S. The van der Waals surface area contributed by atoms with Crippen LogP contribution in [0, 0.1) is 29.4 Å². The molecule has 0 spiro atoms. The van der Waals surface area contributed by atoms with Gasteiger partial charge in [-0.2, -0.15) is 4.31 Å². The molecule has 1 aromatic heterocycles. The number of rotatable bonds is 5. The Morgan fingerprint density at radius 3 is 2.34 bits per heavy atom. The van der Waals surface area contributed by atoms with E-state index in [0.717, 1.165) is 19.3 Å². The molecule has 10 heteroatoms. The van der Waals surface area contributed by atoms with E-state index >= 15 is 8.78 Å². The number of hydrogen-bond acceptors (Lipinski definition) is 5. The highest BCUT2D eigenvalue weighted by Gasteiger charge is 2.57. The molecule has 0 N–H and O–H groups in total. The molecule has 1 aromatic carbocycles. The van der Waals surface area contributed by atoms with Crippen molar-refractivity contribution < 1.29 is 17.2 Å². The number of benzene rings is 1. The molecule has 0 radical (unpaired) electrons. The molecule has 172 valence electrons. The van der Waals surface area contributed by atoms with E-state index < -0.39 is 21.7 Å². The lowest BCUT2D eigenvalue weighted by molar-refractivity contribution is 0.273. The monoisotopic (exact) mass is 463 g/mol. The van der Waals surface area contributed by atoms with E-state index in [2.05, 4.69) is 10.2 Å². The molecule has 6 rings (SSSR count). The SMILES string of the molecule is CC1CCC(C2CC2)S(=O)(=O)N1Cc1cc(F)c(N2C[C@@H]3[C@H](C2)[C@@H]3n2cnnc2)cc1F. The topological polar surface area (TPSA) is 71.3 Å². The Kier molecular flexibility index (Phi) is 4.63. The zero-order valence-corrected chi connectivity index (χ0v) is 18.8. The van der Waals surface area contributed by atoms with Gasteiger partial charge in [0.2, 0.25) is 10.0 Å². The minimum atomic E-state index is -3.51. The van der Waals surface area contributed by atoms with Crippen molar-refractivity contribution in [2.24, 2.45) is 17.8 Å². The maximum Gasteiger partial charge on any atom is 0.217 e. The third-order valence-corrected chi connectivity index (χ3v) is 10.5. The predicted molar refractivity (Wildman–Crippen MR) is 114 cm³/mol. The Labute approximate surface area is 186 Å². The Balaban J connectivity index is 1.19. The van der Waals surface area contributed by atoms with Crippen molar-refractivity contribution in [2.45, 2.75) is 56.5 Å². The lowest BCUT2D eigenvalue weighted by Gasteiger charge is -2.37. The molecule has 0 bridgehead atoms. The molecule has 2 aliphatic heterocycles. The van der Waals surface area contributed by atoms with Crippen LogP contribution in [0.1, 0.15) is 44.2 Å². The van der Waals surface area contributed by atoms with Gasteiger partial charge in [-0.05, 0) is 44.6 Å². The van der Waals surface area contributed by atoms with Crippen LogP contribution in [0.25, 0.3) is 0 Å². The molecular weight excluding hydrogens is 436 g/mol. The third kappa shape index (κ3) is 3.25. The molecule has 3 heterocycles. The molecule has 32 heavy (non-hydrogen) atoms. The fraction of sp³-hybridized carbons (Fsp3) is 0.636. The minimum Gasteiger partial charge on any atom is -0.368 e. The summed E-state index contributed by atoms with van der Waals surface area (Å²) in [5, 5.41) is 7.32. The predicted octanol–water partition coefficient (Wildman–Crippen LogP) is 2.96. The first kappa shape index (κ1) is 20.5. The second-order valence-electron chi connectivity index (χ2n) is 9.92. The summed E-state index contributed by atoms with van der Waals surface area (Å²) < 4.78 is 59.8. The van der Waals surface area contributed by atoms with Crippen LogP contribution < -0.4 is 4.90 Å². The van der Waals surface area contributed by atoms with Crippen LogP contribution >= 0.6 is 0 Å². The van der Waals surface area contributed by atoms with Gasteiger partial charge in [-0.25, -0.2) is 17.2 Å². The normalized spacial score (nSPS) is 34.0. The van der Waals surface area contributed by atoms with Crippen LogP contribution in [0.15, 0.2) is 24.8 Å². The van der Waals surface area contributed by atoms with Gasteiger partial charge in [-0.15, -0.1) is 10.2 Å². The van der Waals surface area contributed by atoms with Gasteiger partial charge in [0.1, 0.15) is 24.3 Å². The smallest absolute Gasteiger partial charge is 0.217 e. The number of hydrogen-bond donors (Lipinski definition) is 0. The largest absolute Gasteiger partial charge is 0.368 e. The van der Waals surface area contributed by atoms with E-state index in [1.54, 1.807) is 12.7 Å². The van der Waals surface area contributed by atoms with Gasteiger partial charge in [0.25, 0.3) is 0 Å². The molecule has 4 aliphatic rings. The van der Waals surface area contributed by atoms with Crippen molar-refractivity contribution in [1.82, 2.24) is 19.1 Å². The summed E-state index contributed by atoms with van der Waals surface area (Å²) in [4.78, 5) is 1.89. The van der Waals surface area contributed by atoms with Gasteiger partial charge in [0.15, 0.2) is 0 Å². The maximum atomic E-state index is 15.1. The van der Waals surface area contributed by atoms with Crippen LogP contribution in [0.2, 0.25) is 0 Å². The van der Waals surface area contributed by atoms with E-state index in [1.807, 2.05) is 16.4 Å². The van der Waals surface area contributed by atoms with Crippen molar-refractivity contribution in [2.75, 3.05) is 18.0 Å². The first-order chi connectivity index (χ1) is 15.3. The number of fused-ring (bicyclic) bond motifs is 1. The van der Waals surface area contributed by atoms with Gasteiger partial charge < -0.3 is 9.47 Å². The van der Waals surface area contributed by atoms with Crippen LogP contribution in [0.3, 0.4) is 0 Å². The number of halogens is 2. The second kappa shape index (κ2) is 7.21. The van der Waals surface area contributed by atoms with E-state index in [-0.39, 0.29) is 35.0 Å². The summed E-state index contributed by atoms with van der Waals surface area (Å²) >= 11 is 0. The highest BCUT2D eigenvalue weighted by molar-refractivity contribution is 7.89. The number of piperidine rings is 1. The van der Waals surface area contributed by atoms with Crippen molar-refractivity contribution >= 4 is 15.7 Å². The molecule has 4 fully saturated rings. The fourth-order valence-electron chi connectivity index (χ4n) is 5.92. The summed E-state index contributed by atoms with van der Waals surface area (Å²) in [7, 11) is -3.51. The zero-order valence-electron chi connectivity index (χ0n) is 17.9. The summed E-state index contributed by atoms with van der Waals surface area (Å²) in [5.74, 6) is -0.0567. The number of nitrogens with zero attached hydrogens (tertiary/aromatic N) is 5. The van der Waals surface area contributed by atoms with Gasteiger partial charge in [-0.1, -0.05) is 0 Å². The summed E-state index contributed by atoms with van der Waals surface area (Å²) in [6.45, 7) is 3.05. The molecule has 7 nitrogen and oxygen atoms in total. The summed E-state index contributed by atoms with van der Waals surface area (Å²) in [6, 6.07) is 2.55. The van der Waals surface area contributed by atoms with E-state index in [0.29, 0.717) is 37.4 Å². The highest BCUT2D eigenvalue weighted by atomic mass is 32.2. The Morgan fingerprint density at radius 1 is 1.00 bits per heavy atom. The van der Waals surface area contributed by atoms with Gasteiger partial charge >= 0.3 is 0 Å². The molecule has 5 atom stereocenters. The Bertz CT molecular complexity index is 1130. The molecule has 2 saturated heterocycles. The summed E-state index contributed by atoms with van der Waals surface area (Å²) in [6.07, 6.45) is 6.71. The quantitative estimate of drug-likeness (QED) is 0.682. The van der Waals surface area contributed by atoms with E-state index in [1.165, 1.54) is 16.4 Å². The average Bonchev–Trinajstić information content (AvgIpc) is 3.57. The van der Waals surface area contributed by atoms with Gasteiger partial charge in [0, 0.05) is 55.2 Å². The van der Waals surface area contributed by atoms with Crippen LogP contribution in [-0.4, -0.2) is 51.9 Å². The Morgan fingerprint density at radius 2 is 1.69 bits per heavy atom. The first-order valence-corrected chi connectivity index (χ1v) is 12.9. The van der Waals surface area contributed by atoms with Crippen LogP contribution in [0.4, 0.5) is 14.5 Å². The first-order valence-electron chi connectivity index (χ1n) is 11.4. The van der Waals surface area contributed by atoms with Crippen molar-refractivity contribution in [1.29, 1.82) is 0 Å². The van der Waals surface area contributed by atoms with Crippen LogP contribution in [-0.2, 0) is 16.6 Å². The number of anilines is 1. The Hall–Kier alpha value is -2.07. The number of aromatic nitrogens is 3. The number of sulfonamides is 1. The molecule has 0 amide bonds. The standard InChI is InChI=1S/C22H27F2N5O2S/c1-13-2-5-21(14-3-4-14)32(30,31)29(13)8-15-6-19(24)20(7-18(15)23)27-9-16-17(10-27)22(16)28-11-25-26-12-28/h6-7,11-14,16-17,21-22H,2-5,8-10H2,1H3/t13?,16-,17+,21?,22-. The average molecular weight is 464 g/mol. The van der Waals surface area contributed by atoms with E-state index in [4.69, 9.17) is 0 Å². The zero-order chi connectivity index (χ0) is 22.2. The maximum absolute atomic E-state index is 15.1. The second-order valence-corrected chi connectivity index (χ2v) is 12.0. The van der Waals surface area contributed by atoms with Crippen LogP contribution in [0.5, 0.6) is 0 Å². The van der Waals surface area contributed by atoms with Gasteiger partial charge in [0.05, 0.1) is 10.9 Å². The molecule has 2 aliphatic carbocycles. The molecule has 2 saturated carbocycles. The van der Waals surface area contributed by atoms with Crippen molar-refractivity contribution in [3.63, 3.8) is 0 Å². The summed E-state index contributed by atoms with van der Waals surface area (Å²) in [5.41, 5.74) is 0.358. The third-order valence-electron chi connectivity index (χ3n) is 7.93. The minimum absolute atomic E-state index is 0.102. The van der Waals surface area contributed by atoms with Crippen molar-refractivity contribution in [3.8, 4) is 0 Å².